The second-order valence-electron chi connectivity index (χ2n) is 19.4. The van der Waals surface area contributed by atoms with Gasteiger partial charge in [0.25, 0.3) is 0 Å². The van der Waals surface area contributed by atoms with Gasteiger partial charge in [-0.15, -0.1) is 0 Å². The van der Waals surface area contributed by atoms with Crippen LogP contribution in [0.4, 0.5) is 0 Å². The van der Waals surface area contributed by atoms with Crippen LogP contribution >= 0.6 is 0 Å². The number of imide groups is 1. The Bertz CT molecular complexity index is 1450. The third-order valence-electron chi connectivity index (χ3n) is 11.5. The van der Waals surface area contributed by atoms with Gasteiger partial charge in [0.1, 0.15) is 0 Å². The second kappa shape index (κ2) is 29.1. The Morgan fingerprint density at radius 2 is 1.07 bits per heavy atom. The van der Waals surface area contributed by atoms with Crippen molar-refractivity contribution in [2.45, 2.75) is 209 Å². The zero-order valence-corrected chi connectivity index (χ0v) is 40.8. The summed E-state index contributed by atoms with van der Waals surface area (Å²) in [5.74, 6) is -0.646. The van der Waals surface area contributed by atoms with E-state index in [1.807, 2.05) is 0 Å². The molecule has 61 heavy (non-hydrogen) atoms. The average Bonchev–Trinajstić information content (AvgIpc) is 3.07. The minimum atomic E-state index is -1.11. The molecule has 2 saturated heterocycles. The quantitative estimate of drug-likeness (QED) is 0.0642. The normalized spacial score (nSPS) is 24.6. The minimum Gasteiger partial charge on any atom is -0.668 e. The smallest absolute Gasteiger partial charge is 0.668 e. The van der Waals surface area contributed by atoms with Crippen molar-refractivity contribution in [3.63, 3.8) is 0 Å². The largest absolute Gasteiger partial charge is 1.00 e. The average molecular weight is 880 g/mol. The van der Waals surface area contributed by atoms with Gasteiger partial charge in [-0.3, -0.25) is 24.1 Å². The van der Waals surface area contributed by atoms with Gasteiger partial charge >= 0.3 is 30.8 Å². The summed E-state index contributed by atoms with van der Waals surface area (Å²) in [4.78, 5) is 72.5. The molecule has 1 N–H and O–H groups in total. The van der Waals surface area contributed by atoms with Crippen molar-refractivity contribution < 1.29 is 52.4 Å². The number of Topliss-reactive ketones (excluding diaryl/α,β-unsaturated/α-hetero) is 1. The Morgan fingerprint density at radius 1 is 0.639 bits per heavy atom. The molecule has 3 amide bonds. The summed E-state index contributed by atoms with van der Waals surface area (Å²) in [6, 6.07) is 0.663. The third-order valence-corrected chi connectivity index (χ3v) is 16.9. The van der Waals surface area contributed by atoms with E-state index in [1.165, 1.54) is 65.2 Å². The molecule has 6 atom stereocenters. The molecule has 0 radical (unpaired) electrons. The Balaban J connectivity index is 0. The van der Waals surface area contributed by atoms with E-state index in [9.17, 15) is 28.8 Å². The van der Waals surface area contributed by atoms with Gasteiger partial charge in [0.05, 0.1) is 17.9 Å². The number of amides is 3. The van der Waals surface area contributed by atoms with Gasteiger partial charge in [-0.1, -0.05) is 167 Å². The monoisotopic (exact) mass is 880 g/mol. The van der Waals surface area contributed by atoms with Crippen LogP contribution in [0.2, 0.25) is 39.3 Å². The topological polar surface area (TPSA) is 141 Å². The number of allylic oxidation sites excluding steroid dienone is 1. The van der Waals surface area contributed by atoms with Crippen molar-refractivity contribution in [1.82, 2.24) is 10.2 Å². The van der Waals surface area contributed by atoms with E-state index in [2.05, 4.69) is 69.1 Å². The number of esters is 2. The number of nitrogens with one attached hydrogen (secondary N) is 1. The molecule has 0 spiro atoms. The zero-order valence-electron chi connectivity index (χ0n) is 38.8. The molecular weight excluding hydrogens is 794 g/mol. The Kier molecular flexibility index (Phi) is 29.0. The number of hydrogen-bond acceptors (Lipinski definition) is 7. The number of hydrogen-bond donors (Lipinski definition) is 1. The molecule has 3 saturated carbocycles. The van der Waals surface area contributed by atoms with E-state index in [-0.39, 0.29) is 86.3 Å². The molecule has 0 unspecified atom stereocenters. The van der Waals surface area contributed by atoms with Gasteiger partial charge < -0.3 is 14.7 Å². The van der Waals surface area contributed by atoms with Crippen LogP contribution in [0.25, 0.3) is 4.65 Å². The predicted octanol–water partition coefficient (Wildman–Crippen LogP) is 8.79. The summed E-state index contributed by atoms with van der Waals surface area (Å²) in [5, 5.41) is 2.97. The molecular formula is C48H86LiN3O7Si2. The molecule has 0 aromatic rings. The number of likely N-dealkylation sites (tertiary alicyclic amines) is 1. The van der Waals surface area contributed by atoms with Crippen molar-refractivity contribution in [3.8, 4) is 0 Å². The molecule has 10 nitrogen and oxygen atoms in total. The van der Waals surface area contributed by atoms with Crippen molar-refractivity contribution in [3.05, 3.63) is 41.1 Å². The maximum Gasteiger partial charge on any atom is 1.00 e. The van der Waals surface area contributed by atoms with Crippen LogP contribution in [0.1, 0.15) is 158 Å². The van der Waals surface area contributed by atoms with Gasteiger partial charge in [0.2, 0.25) is 17.7 Å². The van der Waals surface area contributed by atoms with E-state index < -0.39 is 28.4 Å². The van der Waals surface area contributed by atoms with Crippen LogP contribution < -0.4 is 24.2 Å². The first-order chi connectivity index (χ1) is 27.0. The second-order valence-corrected chi connectivity index (χ2v) is 29.0. The number of ketones is 1. The van der Waals surface area contributed by atoms with Crippen LogP contribution in [-0.2, 0) is 33.5 Å². The van der Waals surface area contributed by atoms with E-state index in [1.54, 1.807) is 11.8 Å². The van der Waals surface area contributed by atoms with Gasteiger partial charge in [0.15, 0.2) is 5.78 Å². The van der Waals surface area contributed by atoms with Gasteiger partial charge in [-0.2, -0.15) is 0 Å². The zero-order chi connectivity index (χ0) is 43.8. The first-order valence-corrected chi connectivity index (χ1v) is 29.1. The van der Waals surface area contributed by atoms with Gasteiger partial charge in [0, 0.05) is 29.5 Å². The number of nitrogens with zero attached hydrogens (tertiary/aromatic N) is 2. The van der Waals surface area contributed by atoms with E-state index >= 15 is 0 Å². The Labute approximate surface area is 386 Å². The fourth-order valence-electron chi connectivity index (χ4n) is 8.74. The summed E-state index contributed by atoms with van der Waals surface area (Å²) in [6.07, 6.45) is 20.7. The van der Waals surface area contributed by atoms with Crippen molar-refractivity contribution >= 4 is 51.9 Å². The molecule has 5 aliphatic rings. The summed E-state index contributed by atoms with van der Waals surface area (Å²) >= 11 is 0. The van der Waals surface area contributed by atoms with Crippen LogP contribution in [-0.4, -0.2) is 68.9 Å². The first kappa shape index (κ1) is 60.7. The molecule has 5 rings (SSSR count). The fourth-order valence-corrected chi connectivity index (χ4v) is 16.8. The Hall–Kier alpha value is -2.37. The summed E-state index contributed by atoms with van der Waals surface area (Å²) in [7, 11) is -2.21. The maximum atomic E-state index is 13.4. The van der Waals surface area contributed by atoms with Crippen LogP contribution in [0.5, 0.6) is 0 Å². The Morgan fingerprint density at radius 3 is 1.49 bits per heavy atom. The summed E-state index contributed by atoms with van der Waals surface area (Å²) < 4.78 is 9.12. The molecule has 3 aliphatic carbocycles. The van der Waals surface area contributed by atoms with Crippen LogP contribution in [0.15, 0.2) is 36.5 Å². The third kappa shape index (κ3) is 21.7. The van der Waals surface area contributed by atoms with Gasteiger partial charge in [-0.25, -0.2) is 9.59 Å². The summed E-state index contributed by atoms with van der Waals surface area (Å²) in [6.45, 7) is 28.9. The number of carbonyl (C=O) groups excluding carboxylic acids is 6. The number of carbonyl (C=O) groups is 6. The number of β-lactam (4-membered cyclic amide) rings is 2. The number of fused-ring (bicyclic) bond motifs is 2. The maximum absolute atomic E-state index is 13.4. The SMILES string of the molecule is C.C.C=C(C)C(=O)C[C@H]1CCCCCC[C@H]1C(=O)N1C(=O)[C@@H]2CCCCCC[C@@H]21.C=C(C)C(=O)OC(=O)C(=C)C.C[Si](C)(C)[N-][Si](C)(C)C.O=C1N[C@H]2CCCCCC[C@@H]12.[Li+]. The van der Waals surface area contributed by atoms with Crippen molar-refractivity contribution in [1.29, 1.82) is 0 Å². The first-order valence-electron chi connectivity index (χ1n) is 22.2. The van der Waals surface area contributed by atoms with Gasteiger partial charge in [-0.05, 0) is 70.8 Å². The molecule has 344 valence electrons. The van der Waals surface area contributed by atoms with E-state index in [4.69, 9.17) is 4.65 Å². The van der Waals surface area contributed by atoms with Crippen molar-refractivity contribution in [2.75, 3.05) is 0 Å². The molecule has 5 fully saturated rings. The van der Waals surface area contributed by atoms with Crippen LogP contribution in [0.3, 0.4) is 0 Å². The molecule has 0 aromatic heterocycles. The van der Waals surface area contributed by atoms with Crippen LogP contribution in [0, 0.1) is 23.7 Å². The molecule has 13 heteroatoms. The van der Waals surface area contributed by atoms with E-state index in [0.717, 1.165) is 64.2 Å². The van der Waals surface area contributed by atoms with Crippen molar-refractivity contribution in [2.24, 2.45) is 23.7 Å². The van der Waals surface area contributed by atoms with E-state index in [0.29, 0.717) is 29.9 Å². The standard InChI is InChI=1S/C23H35NO3.C9H15NO.C8H10O3.C6H18NSi2.2CH4.Li/c1-16(2)21(25)15-17-11-7-3-4-8-12-18(17)22(26)24-20-14-10-6-5-9-13-19(20)23(24)27;11-9-7-5-3-1-2-4-6-8(7)10-9;1-5(2)7(9)11-8(10)6(3)4;1-8(2,3)7-9(4,5)6;;;/h17-20H,1,3-15H2,2H3;7-8H,1-6H2,(H,10,11);1,3H2,2,4H3;1-6H3;2*1H4;/q;;;-1;;;+1/t17-,18-,19-,20+;7-,8+;;;;;/m11...../s1. The molecule has 2 aliphatic heterocycles. The predicted molar refractivity (Wildman–Crippen MR) is 253 cm³/mol. The molecule has 2 heterocycles. The molecule has 0 bridgehead atoms. The number of rotatable bonds is 8. The fraction of sp³-hybridized carbons (Fsp3) is 0.750. The minimum absolute atomic E-state index is 0. The summed E-state index contributed by atoms with van der Waals surface area (Å²) in [5.41, 5.74) is 0.961. The molecule has 0 aromatic carbocycles. The number of ether oxygens (including phenoxy) is 1.